The highest BCUT2D eigenvalue weighted by atomic mass is 79.9. The SMILES string of the molecule is O=C(O)c1c(-n2cccn2)c(-c2ccccc2)nc2ccc(Br)cc12. The van der Waals surface area contributed by atoms with Crippen LogP contribution in [0.5, 0.6) is 0 Å². The Labute approximate surface area is 151 Å². The van der Waals surface area contributed by atoms with Gasteiger partial charge in [0, 0.05) is 27.8 Å². The molecule has 0 bridgehead atoms. The molecule has 0 fully saturated rings. The molecule has 0 aliphatic carbocycles. The number of aromatic nitrogens is 3. The number of benzene rings is 2. The van der Waals surface area contributed by atoms with E-state index in [1.807, 2.05) is 42.5 Å². The van der Waals surface area contributed by atoms with Crippen molar-refractivity contribution in [3.63, 3.8) is 0 Å². The number of hydrogen-bond donors (Lipinski definition) is 1. The van der Waals surface area contributed by atoms with Gasteiger partial charge in [0.05, 0.1) is 16.8 Å². The lowest BCUT2D eigenvalue weighted by Crippen LogP contribution is -2.10. The van der Waals surface area contributed by atoms with Crippen molar-refractivity contribution in [3.05, 3.63) is 77.0 Å². The Morgan fingerprint density at radius 3 is 2.56 bits per heavy atom. The van der Waals surface area contributed by atoms with Gasteiger partial charge in [-0.3, -0.25) is 0 Å². The summed E-state index contributed by atoms with van der Waals surface area (Å²) in [4.78, 5) is 16.9. The van der Waals surface area contributed by atoms with Crippen LogP contribution in [-0.2, 0) is 0 Å². The fraction of sp³-hybridized carbons (Fsp3) is 0. The van der Waals surface area contributed by atoms with Gasteiger partial charge in [0.15, 0.2) is 0 Å². The van der Waals surface area contributed by atoms with Crippen LogP contribution in [-0.4, -0.2) is 25.8 Å². The van der Waals surface area contributed by atoms with E-state index in [1.165, 1.54) is 0 Å². The predicted molar refractivity (Wildman–Crippen MR) is 99.0 cm³/mol. The minimum atomic E-state index is -1.02. The van der Waals surface area contributed by atoms with Gasteiger partial charge in [0.25, 0.3) is 0 Å². The molecule has 0 saturated carbocycles. The first-order valence-corrected chi connectivity index (χ1v) is 8.36. The van der Waals surface area contributed by atoms with Gasteiger partial charge in [-0.2, -0.15) is 5.10 Å². The Morgan fingerprint density at radius 2 is 1.88 bits per heavy atom. The van der Waals surface area contributed by atoms with Crippen LogP contribution in [0.4, 0.5) is 0 Å². The van der Waals surface area contributed by atoms with Crippen LogP contribution in [0, 0.1) is 0 Å². The Hall–Kier alpha value is -2.99. The molecule has 4 aromatic rings. The van der Waals surface area contributed by atoms with Gasteiger partial charge in [-0.15, -0.1) is 0 Å². The van der Waals surface area contributed by atoms with Crippen LogP contribution in [0.3, 0.4) is 0 Å². The number of halogens is 1. The van der Waals surface area contributed by atoms with E-state index in [9.17, 15) is 9.90 Å². The Kier molecular flexibility index (Phi) is 3.82. The van der Waals surface area contributed by atoms with Crippen LogP contribution >= 0.6 is 15.9 Å². The number of pyridine rings is 1. The van der Waals surface area contributed by atoms with Gasteiger partial charge >= 0.3 is 5.97 Å². The molecule has 5 nitrogen and oxygen atoms in total. The average Bonchev–Trinajstić information content (AvgIpc) is 3.15. The highest BCUT2D eigenvalue weighted by Crippen LogP contribution is 2.33. The highest BCUT2D eigenvalue weighted by Gasteiger charge is 2.23. The summed E-state index contributed by atoms with van der Waals surface area (Å²) in [5, 5.41) is 14.7. The van der Waals surface area contributed by atoms with Crippen LogP contribution in [0.15, 0.2) is 71.5 Å². The molecule has 0 atom stereocenters. The van der Waals surface area contributed by atoms with E-state index in [0.717, 1.165) is 10.0 Å². The third-order valence-electron chi connectivity index (χ3n) is 3.92. The van der Waals surface area contributed by atoms with Crippen molar-refractivity contribution in [2.24, 2.45) is 0 Å². The van der Waals surface area contributed by atoms with Crippen LogP contribution in [0.25, 0.3) is 27.8 Å². The van der Waals surface area contributed by atoms with Crippen LogP contribution in [0.2, 0.25) is 0 Å². The monoisotopic (exact) mass is 393 g/mol. The fourth-order valence-corrected chi connectivity index (χ4v) is 3.22. The second-order valence-corrected chi connectivity index (χ2v) is 6.38. The predicted octanol–water partition coefficient (Wildman–Crippen LogP) is 4.55. The van der Waals surface area contributed by atoms with Gasteiger partial charge in [-0.1, -0.05) is 46.3 Å². The lowest BCUT2D eigenvalue weighted by Gasteiger charge is -2.15. The zero-order valence-electron chi connectivity index (χ0n) is 12.9. The lowest BCUT2D eigenvalue weighted by atomic mass is 10.0. The molecule has 122 valence electrons. The molecule has 2 aromatic carbocycles. The number of carbonyl (C=O) groups is 1. The van der Waals surface area contributed by atoms with Gasteiger partial charge in [-0.05, 0) is 24.3 Å². The number of carboxylic acids is 1. The topological polar surface area (TPSA) is 68.0 Å². The molecule has 25 heavy (non-hydrogen) atoms. The summed E-state index contributed by atoms with van der Waals surface area (Å²) in [7, 11) is 0. The number of nitrogens with zero attached hydrogens (tertiary/aromatic N) is 3. The fourth-order valence-electron chi connectivity index (χ4n) is 2.86. The maximum atomic E-state index is 12.1. The molecule has 0 aliphatic rings. The van der Waals surface area contributed by atoms with Gasteiger partial charge < -0.3 is 5.11 Å². The summed E-state index contributed by atoms with van der Waals surface area (Å²) in [5.41, 5.74) is 2.66. The van der Waals surface area contributed by atoms with Crippen molar-refractivity contribution in [1.29, 1.82) is 0 Å². The molecular formula is C19H12BrN3O2. The lowest BCUT2D eigenvalue weighted by molar-refractivity contribution is 0.0699. The standard InChI is InChI=1S/C19H12BrN3O2/c20-13-7-8-15-14(11-13)16(19(24)25)18(23-10-4-9-21-23)17(22-15)12-5-2-1-3-6-12/h1-11H,(H,24,25). The van der Waals surface area contributed by atoms with E-state index in [0.29, 0.717) is 22.3 Å². The summed E-state index contributed by atoms with van der Waals surface area (Å²) in [6, 6.07) is 16.7. The molecule has 0 spiro atoms. The third kappa shape index (κ3) is 2.70. The molecule has 1 N–H and O–H groups in total. The number of aromatic carboxylic acids is 1. The average molecular weight is 394 g/mol. The van der Waals surface area contributed by atoms with Crippen LogP contribution < -0.4 is 0 Å². The largest absolute Gasteiger partial charge is 0.478 e. The van der Waals surface area contributed by atoms with Gasteiger partial charge in [0.2, 0.25) is 0 Å². The highest BCUT2D eigenvalue weighted by molar-refractivity contribution is 9.10. The first-order valence-electron chi connectivity index (χ1n) is 7.57. The Bertz CT molecular complexity index is 1080. The van der Waals surface area contributed by atoms with Crippen molar-refractivity contribution in [2.45, 2.75) is 0 Å². The maximum Gasteiger partial charge on any atom is 0.338 e. The molecule has 0 aliphatic heterocycles. The zero-order valence-corrected chi connectivity index (χ0v) is 14.5. The smallest absolute Gasteiger partial charge is 0.338 e. The van der Waals surface area contributed by atoms with E-state index < -0.39 is 5.97 Å². The van der Waals surface area contributed by atoms with E-state index >= 15 is 0 Å². The van der Waals surface area contributed by atoms with Crippen molar-refractivity contribution < 1.29 is 9.90 Å². The molecule has 6 heteroatoms. The normalized spacial score (nSPS) is 10.9. The molecule has 0 unspecified atom stereocenters. The zero-order chi connectivity index (χ0) is 17.4. The van der Waals surface area contributed by atoms with E-state index in [-0.39, 0.29) is 5.56 Å². The van der Waals surface area contributed by atoms with Crippen molar-refractivity contribution >= 4 is 32.8 Å². The summed E-state index contributed by atoms with van der Waals surface area (Å²) < 4.78 is 2.35. The van der Waals surface area contributed by atoms with Gasteiger partial charge in [-0.25, -0.2) is 14.5 Å². The second-order valence-electron chi connectivity index (χ2n) is 5.47. The quantitative estimate of drug-likeness (QED) is 0.554. The molecule has 2 aromatic heterocycles. The molecular weight excluding hydrogens is 382 g/mol. The van der Waals surface area contributed by atoms with Crippen molar-refractivity contribution in [3.8, 4) is 16.9 Å². The molecule has 0 radical (unpaired) electrons. The molecule has 0 saturated heterocycles. The number of rotatable bonds is 3. The first-order chi connectivity index (χ1) is 12.1. The summed E-state index contributed by atoms with van der Waals surface area (Å²) in [6.45, 7) is 0. The molecule has 0 amide bonds. The van der Waals surface area contributed by atoms with Crippen LogP contribution in [0.1, 0.15) is 10.4 Å². The first kappa shape index (κ1) is 15.5. The minimum absolute atomic E-state index is 0.175. The van der Waals surface area contributed by atoms with Crippen molar-refractivity contribution in [1.82, 2.24) is 14.8 Å². The third-order valence-corrected chi connectivity index (χ3v) is 4.41. The molecule has 4 rings (SSSR count). The summed E-state index contributed by atoms with van der Waals surface area (Å²) in [6.07, 6.45) is 3.34. The van der Waals surface area contributed by atoms with Crippen molar-refractivity contribution in [2.75, 3.05) is 0 Å². The molecule has 2 heterocycles. The van der Waals surface area contributed by atoms with Gasteiger partial charge in [0.1, 0.15) is 5.69 Å². The number of fused-ring (bicyclic) bond motifs is 1. The van der Waals surface area contributed by atoms with E-state index in [1.54, 1.807) is 29.2 Å². The maximum absolute atomic E-state index is 12.1. The minimum Gasteiger partial charge on any atom is -0.478 e. The number of hydrogen-bond acceptors (Lipinski definition) is 3. The van der Waals surface area contributed by atoms with E-state index in [2.05, 4.69) is 21.0 Å². The summed E-state index contributed by atoms with van der Waals surface area (Å²) in [5.74, 6) is -1.02. The second kappa shape index (κ2) is 6.14. The Morgan fingerprint density at radius 1 is 1.08 bits per heavy atom. The van der Waals surface area contributed by atoms with E-state index in [4.69, 9.17) is 4.98 Å². The Balaban J connectivity index is 2.19. The number of carboxylic acid groups (broad SMARTS) is 1. The summed E-state index contributed by atoms with van der Waals surface area (Å²) >= 11 is 3.41.